The summed E-state index contributed by atoms with van der Waals surface area (Å²) in [6, 6.07) is 10.4. The summed E-state index contributed by atoms with van der Waals surface area (Å²) in [6.07, 6.45) is 1.73. The van der Waals surface area contributed by atoms with Crippen LogP contribution in [-0.2, 0) is 16.1 Å². The molecule has 1 saturated heterocycles. The van der Waals surface area contributed by atoms with E-state index in [1.54, 1.807) is 18.2 Å². The summed E-state index contributed by atoms with van der Waals surface area (Å²) >= 11 is 18.1. The molecular formula is C21H21Cl3N2O3. The Morgan fingerprint density at radius 1 is 1.10 bits per heavy atom. The molecule has 0 aromatic heterocycles. The number of rotatable bonds is 5. The Balaban J connectivity index is 1.63. The van der Waals surface area contributed by atoms with Crippen molar-refractivity contribution in [1.29, 1.82) is 0 Å². The number of ether oxygens (including phenoxy) is 1. The molecule has 1 amide bonds. The third-order valence-electron chi connectivity index (χ3n) is 4.91. The average Bonchev–Trinajstić information content (AvgIpc) is 2.71. The van der Waals surface area contributed by atoms with Crippen molar-refractivity contribution in [1.82, 2.24) is 4.90 Å². The number of carbonyl (C=O) groups is 2. The molecule has 1 aliphatic heterocycles. The molecule has 0 radical (unpaired) electrons. The van der Waals surface area contributed by atoms with Gasteiger partial charge in [-0.2, -0.15) is 0 Å². The van der Waals surface area contributed by atoms with E-state index in [0.29, 0.717) is 28.8 Å². The molecule has 1 aliphatic rings. The quantitative estimate of drug-likeness (QED) is 0.623. The zero-order valence-corrected chi connectivity index (χ0v) is 18.2. The molecule has 29 heavy (non-hydrogen) atoms. The molecule has 2 aromatic rings. The van der Waals surface area contributed by atoms with E-state index in [0.717, 1.165) is 24.9 Å². The molecule has 154 valence electrons. The number of amides is 1. The fourth-order valence-electron chi connectivity index (χ4n) is 3.42. The lowest BCUT2D eigenvalue weighted by Gasteiger charge is -2.32. The Bertz CT molecular complexity index is 920. The lowest BCUT2D eigenvalue weighted by molar-refractivity contribution is -0.121. The highest BCUT2D eigenvalue weighted by Gasteiger charge is 2.26. The van der Waals surface area contributed by atoms with Gasteiger partial charge in [-0.1, -0.05) is 40.9 Å². The number of halogens is 3. The van der Waals surface area contributed by atoms with Crippen LogP contribution in [0.5, 0.6) is 0 Å². The Morgan fingerprint density at radius 2 is 1.86 bits per heavy atom. The monoisotopic (exact) mass is 454 g/mol. The summed E-state index contributed by atoms with van der Waals surface area (Å²) in [5.74, 6) is -0.776. The Kier molecular flexibility index (Phi) is 7.41. The molecule has 1 unspecified atom stereocenters. The largest absolute Gasteiger partial charge is 0.465 e. The van der Waals surface area contributed by atoms with E-state index >= 15 is 0 Å². The van der Waals surface area contributed by atoms with Crippen LogP contribution in [-0.4, -0.2) is 37.0 Å². The highest BCUT2D eigenvalue weighted by atomic mass is 35.5. The van der Waals surface area contributed by atoms with Crippen molar-refractivity contribution in [2.75, 3.05) is 25.5 Å². The predicted octanol–water partition coefficient (Wildman–Crippen LogP) is 5.28. The minimum atomic E-state index is -0.545. The van der Waals surface area contributed by atoms with Crippen LogP contribution in [0, 0.1) is 5.92 Å². The number of piperidine rings is 1. The number of benzene rings is 2. The zero-order chi connectivity index (χ0) is 21.0. The van der Waals surface area contributed by atoms with E-state index in [1.807, 2.05) is 12.1 Å². The molecule has 0 saturated carbocycles. The second-order valence-electron chi connectivity index (χ2n) is 7.00. The third-order valence-corrected chi connectivity index (χ3v) is 5.97. The zero-order valence-electron chi connectivity index (χ0n) is 15.9. The van der Waals surface area contributed by atoms with E-state index in [1.165, 1.54) is 13.2 Å². The van der Waals surface area contributed by atoms with Crippen LogP contribution < -0.4 is 5.32 Å². The third kappa shape index (κ3) is 5.64. The molecule has 1 fully saturated rings. The van der Waals surface area contributed by atoms with Gasteiger partial charge in [0.1, 0.15) is 0 Å². The minimum absolute atomic E-state index is 0.0815. The van der Waals surface area contributed by atoms with E-state index in [9.17, 15) is 9.59 Å². The Morgan fingerprint density at radius 3 is 2.59 bits per heavy atom. The number of esters is 1. The molecule has 0 spiro atoms. The number of carbonyl (C=O) groups excluding carboxylic acids is 2. The van der Waals surface area contributed by atoms with Gasteiger partial charge in [0.15, 0.2) is 0 Å². The second kappa shape index (κ2) is 9.81. The fourth-order valence-corrected chi connectivity index (χ4v) is 3.94. The van der Waals surface area contributed by atoms with Crippen LogP contribution in [0.2, 0.25) is 15.1 Å². The van der Waals surface area contributed by atoms with E-state index in [2.05, 4.69) is 10.2 Å². The molecule has 5 nitrogen and oxygen atoms in total. The highest BCUT2D eigenvalue weighted by Crippen LogP contribution is 2.26. The first-order valence-corrected chi connectivity index (χ1v) is 10.4. The first-order chi connectivity index (χ1) is 13.9. The molecule has 0 aliphatic carbocycles. The van der Waals surface area contributed by atoms with Crippen LogP contribution in [0.4, 0.5) is 5.69 Å². The van der Waals surface area contributed by atoms with Crippen LogP contribution in [0.15, 0.2) is 36.4 Å². The van der Waals surface area contributed by atoms with Crippen molar-refractivity contribution in [2.24, 2.45) is 5.92 Å². The summed E-state index contributed by atoms with van der Waals surface area (Å²) in [6.45, 7) is 2.26. The number of hydrogen-bond acceptors (Lipinski definition) is 4. The maximum Gasteiger partial charge on any atom is 0.339 e. The number of nitrogens with one attached hydrogen (secondary N) is 1. The fraction of sp³-hybridized carbons (Fsp3) is 0.333. The summed E-state index contributed by atoms with van der Waals surface area (Å²) in [4.78, 5) is 26.8. The summed E-state index contributed by atoms with van der Waals surface area (Å²) in [5, 5.41) is 4.22. The number of methoxy groups -OCH3 is 1. The average molecular weight is 456 g/mol. The van der Waals surface area contributed by atoms with Crippen molar-refractivity contribution in [2.45, 2.75) is 19.4 Å². The summed E-state index contributed by atoms with van der Waals surface area (Å²) in [7, 11) is 1.29. The molecule has 1 N–H and O–H groups in total. The number of hydrogen-bond donors (Lipinski definition) is 1. The van der Waals surface area contributed by atoms with Crippen molar-refractivity contribution >= 4 is 52.4 Å². The normalized spacial score (nSPS) is 17.0. The van der Waals surface area contributed by atoms with Crippen molar-refractivity contribution in [3.8, 4) is 0 Å². The van der Waals surface area contributed by atoms with Gasteiger partial charge in [-0.3, -0.25) is 9.69 Å². The minimum Gasteiger partial charge on any atom is -0.465 e. The van der Waals surface area contributed by atoms with Gasteiger partial charge in [0.05, 0.1) is 33.7 Å². The van der Waals surface area contributed by atoms with Crippen molar-refractivity contribution < 1.29 is 14.3 Å². The van der Waals surface area contributed by atoms with Crippen LogP contribution in [0.1, 0.15) is 28.8 Å². The summed E-state index contributed by atoms with van der Waals surface area (Å²) in [5.41, 5.74) is 1.79. The highest BCUT2D eigenvalue weighted by molar-refractivity contribution is 6.42. The molecule has 0 bridgehead atoms. The van der Waals surface area contributed by atoms with E-state index in [-0.39, 0.29) is 22.4 Å². The van der Waals surface area contributed by atoms with Gasteiger partial charge >= 0.3 is 5.97 Å². The number of anilines is 1. The SMILES string of the molecule is COC(=O)c1cc(NC(=O)C2CCCN(Cc3ccc(Cl)c(Cl)c3)C2)ccc1Cl. The maximum atomic E-state index is 12.8. The van der Waals surface area contributed by atoms with Crippen molar-refractivity contribution in [3.63, 3.8) is 0 Å². The van der Waals surface area contributed by atoms with Crippen LogP contribution >= 0.6 is 34.8 Å². The number of nitrogens with zero attached hydrogens (tertiary/aromatic N) is 1. The molecule has 8 heteroatoms. The van der Waals surface area contributed by atoms with Gasteiger partial charge in [-0.25, -0.2) is 4.79 Å². The van der Waals surface area contributed by atoms with Gasteiger partial charge in [-0.05, 0) is 55.3 Å². The van der Waals surface area contributed by atoms with E-state index < -0.39 is 5.97 Å². The maximum absolute atomic E-state index is 12.8. The van der Waals surface area contributed by atoms with Gasteiger partial charge < -0.3 is 10.1 Å². The second-order valence-corrected chi connectivity index (χ2v) is 8.22. The predicted molar refractivity (Wildman–Crippen MR) is 116 cm³/mol. The van der Waals surface area contributed by atoms with Gasteiger partial charge in [0.2, 0.25) is 5.91 Å². The molecular weight excluding hydrogens is 435 g/mol. The lowest BCUT2D eigenvalue weighted by Crippen LogP contribution is -2.40. The van der Waals surface area contributed by atoms with Crippen LogP contribution in [0.3, 0.4) is 0 Å². The van der Waals surface area contributed by atoms with E-state index in [4.69, 9.17) is 39.5 Å². The van der Waals surface area contributed by atoms with Crippen molar-refractivity contribution in [3.05, 3.63) is 62.6 Å². The Hall–Kier alpha value is -1.79. The molecule has 1 heterocycles. The standard InChI is InChI=1S/C21H21Cl3N2O3/c1-29-21(28)16-10-15(5-7-17(16)22)25-20(27)14-3-2-8-26(12-14)11-13-4-6-18(23)19(24)9-13/h4-7,9-10,14H,2-3,8,11-12H2,1H3,(H,25,27). The molecule has 1 atom stereocenters. The lowest BCUT2D eigenvalue weighted by atomic mass is 9.96. The smallest absolute Gasteiger partial charge is 0.339 e. The number of likely N-dealkylation sites (tertiary alicyclic amines) is 1. The Labute approximate surface area is 184 Å². The first-order valence-electron chi connectivity index (χ1n) is 9.22. The summed E-state index contributed by atoms with van der Waals surface area (Å²) < 4.78 is 4.72. The van der Waals surface area contributed by atoms with Crippen LogP contribution in [0.25, 0.3) is 0 Å². The molecule has 2 aromatic carbocycles. The van der Waals surface area contributed by atoms with Gasteiger partial charge in [-0.15, -0.1) is 0 Å². The van der Waals surface area contributed by atoms with Gasteiger partial charge in [0.25, 0.3) is 0 Å². The van der Waals surface area contributed by atoms with Gasteiger partial charge in [0, 0.05) is 18.8 Å². The first kappa shape index (κ1) is 21.9. The molecule has 3 rings (SSSR count). The topological polar surface area (TPSA) is 58.6 Å².